The van der Waals surface area contributed by atoms with E-state index < -0.39 is 30.3 Å². The minimum absolute atomic E-state index is 0.136. The molecule has 0 aliphatic carbocycles. The monoisotopic (exact) mass is 262 g/mol. The highest BCUT2D eigenvalue weighted by molar-refractivity contribution is 5.72. The SMILES string of the molecule is CCOC(=O)Cc1cc(C(F)F)nc(CN)c1F. The van der Waals surface area contributed by atoms with Crippen LogP contribution in [-0.4, -0.2) is 17.6 Å². The Labute approximate surface area is 102 Å². The number of carbonyl (C=O) groups excluding carboxylic acids is 1. The molecule has 4 nitrogen and oxygen atoms in total. The number of nitrogens with two attached hydrogens (primary N) is 1. The molecule has 0 radical (unpaired) electrons. The van der Waals surface area contributed by atoms with Crippen molar-refractivity contribution in [3.63, 3.8) is 0 Å². The number of ether oxygens (including phenoxy) is 1. The number of esters is 1. The first-order chi connectivity index (χ1) is 8.49. The van der Waals surface area contributed by atoms with E-state index in [1.807, 2.05) is 0 Å². The predicted molar refractivity (Wildman–Crippen MR) is 57.4 cm³/mol. The van der Waals surface area contributed by atoms with Gasteiger partial charge in [0.1, 0.15) is 11.5 Å². The zero-order valence-electron chi connectivity index (χ0n) is 9.75. The quantitative estimate of drug-likeness (QED) is 0.820. The van der Waals surface area contributed by atoms with Crippen LogP contribution in [0.15, 0.2) is 6.07 Å². The van der Waals surface area contributed by atoms with E-state index in [0.717, 1.165) is 6.07 Å². The van der Waals surface area contributed by atoms with E-state index in [1.165, 1.54) is 0 Å². The average Bonchev–Trinajstić information content (AvgIpc) is 2.31. The van der Waals surface area contributed by atoms with Gasteiger partial charge < -0.3 is 10.5 Å². The van der Waals surface area contributed by atoms with Gasteiger partial charge in [-0.15, -0.1) is 0 Å². The summed E-state index contributed by atoms with van der Waals surface area (Å²) < 4.78 is 43.4. The molecule has 7 heteroatoms. The Bertz CT molecular complexity index is 439. The van der Waals surface area contributed by atoms with E-state index in [-0.39, 0.29) is 24.4 Å². The molecule has 1 aromatic rings. The second-order valence-electron chi connectivity index (χ2n) is 3.45. The maximum Gasteiger partial charge on any atom is 0.310 e. The van der Waals surface area contributed by atoms with Crippen LogP contribution in [0.5, 0.6) is 0 Å². The van der Waals surface area contributed by atoms with Crippen LogP contribution in [0.1, 0.15) is 30.3 Å². The summed E-state index contributed by atoms with van der Waals surface area (Å²) in [6, 6.07) is 0.857. The fourth-order valence-corrected chi connectivity index (χ4v) is 1.41. The summed E-state index contributed by atoms with van der Waals surface area (Å²) in [6.07, 6.45) is -3.27. The number of carbonyl (C=O) groups is 1. The smallest absolute Gasteiger partial charge is 0.310 e. The Morgan fingerprint density at radius 1 is 1.56 bits per heavy atom. The first kappa shape index (κ1) is 14.4. The summed E-state index contributed by atoms with van der Waals surface area (Å²) in [5.74, 6) is -1.53. The van der Waals surface area contributed by atoms with Gasteiger partial charge in [0.05, 0.1) is 18.7 Å². The minimum Gasteiger partial charge on any atom is -0.466 e. The van der Waals surface area contributed by atoms with Gasteiger partial charge in [-0.05, 0) is 13.0 Å². The van der Waals surface area contributed by atoms with Crippen LogP contribution in [0, 0.1) is 5.82 Å². The third-order valence-corrected chi connectivity index (χ3v) is 2.18. The van der Waals surface area contributed by atoms with E-state index >= 15 is 0 Å². The Morgan fingerprint density at radius 3 is 2.72 bits per heavy atom. The number of pyridine rings is 1. The number of alkyl halides is 2. The normalized spacial score (nSPS) is 10.8. The summed E-state index contributed by atoms with van der Waals surface area (Å²) in [6.45, 7) is 1.41. The second kappa shape index (κ2) is 6.34. The van der Waals surface area contributed by atoms with Gasteiger partial charge >= 0.3 is 5.97 Å². The van der Waals surface area contributed by atoms with Gasteiger partial charge in [0.15, 0.2) is 0 Å². The lowest BCUT2D eigenvalue weighted by atomic mass is 10.1. The molecule has 1 aromatic heterocycles. The molecule has 0 spiro atoms. The third-order valence-electron chi connectivity index (χ3n) is 2.18. The lowest BCUT2D eigenvalue weighted by molar-refractivity contribution is -0.142. The van der Waals surface area contributed by atoms with Crippen molar-refractivity contribution in [2.45, 2.75) is 26.3 Å². The van der Waals surface area contributed by atoms with Gasteiger partial charge in [-0.1, -0.05) is 0 Å². The number of hydrogen-bond donors (Lipinski definition) is 1. The fraction of sp³-hybridized carbons (Fsp3) is 0.455. The Morgan fingerprint density at radius 2 is 2.22 bits per heavy atom. The van der Waals surface area contributed by atoms with Crippen molar-refractivity contribution in [1.29, 1.82) is 0 Å². The molecule has 2 N–H and O–H groups in total. The zero-order valence-corrected chi connectivity index (χ0v) is 9.75. The fourth-order valence-electron chi connectivity index (χ4n) is 1.41. The van der Waals surface area contributed by atoms with E-state index in [2.05, 4.69) is 9.72 Å². The number of hydrogen-bond acceptors (Lipinski definition) is 4. The molecule has 1 rings (SSSR count). The molecule has 0 bridgehead atoms. The summed E-state index contributed by atoms with van der Waals surface area (Å²) in [5.41, 5.74) is 4.15. The van der Waals surface area contributed by atoms with Crippen LogP contribution in [0.3, 0.4) is 0 Å². The van der Waals surface area contributed by atoms with Gasteiger partial charge in [0.2, 0.25) is 0 Å². The van der Waals surface area contributed by atoms with Gasteiger partial charge in [-0.3, -0.25) is 4.79 Å². The standard InChI is InChI=1S/C11H13F3N2O2/c1-2-18-9(17)4-6-3-7(11(13)14)16-8(5-15)10(6)12/h3,11H,2,4-5,15H2,1H3. The van der Waals surface area contributed by atoms with E-state index in [4.69, 9.17) is 5.73 Å². The van der Waals surface area contributed by atoms with Crippen LogP contribution in [0.2, 0.25) is 0 Å². The lowest BCUT2D eigenvalue weighted by Crippen LogP contribution is -2.13. The lowest BCUT2D eigenvalue weighted by Gasteiger charge is -2.09. The zero-order chi connectivity index (χ0) is 13.7. The van der Waals surface area contributed by atoms with Crippen LogP contribution < -0.4 is 5.73 Å². The van der Waals surface area contributed by atoms with Crippen LogP contribution >= 0.6 is 0 Å². The van der Waals surface area contributed by atoms with Gasteiger partial charge in [0, 0.05) is 12.1 Å². The second-order valence-corrected chi connectivity index (χ2v) is 3.45. The summed E-state index contributed by atoms with van der Waals surface area (Å²) in [5, 5.41) is 0. The first-order valence-electron chi connectivity index (χ1n) is 5.31. The number of halogens is 3. The molecule has 100 valence electrons. The van der Waals surface area contributed by atoms with Crippen molar-refractivity contribution in [3.05, 3.63) is 28.8 Å². The number of nitrogens with zero attached hydrogens (tertiary/aromatic N) is 1. The van der Waals surface area contributed by atoms with E-state index in [1.54, 1.807) is 6.92 Å². The molecule has 0 aliphatic heterocycles. The average molecular weight is 262 g/mol. The first-order valence-corrected chi connectivity index (χ1v) is 5.31. The van der Waals surface area contributed by atoms with Crippen molar-refractivity contribution in [2.75, 3.05) is 6.61 Å². The summed E-state index contributed by atoms with van der Waals surface area (Å²) in [4.78, 5) is 14.6. The molecule has 0 unspecified atom stereocenters. The van der Waals surface area contributed by atoms with E-state index in [0.29, 0.717) is 0 Å². The van der Waals surface area contributed by atoms with Crippen LogP contribution in [-0.2, 0) is 22.5 Å². The molecule has 0 amide bonds. The highest BCUT2D eigenvalue weighted by Crippen LogP contribution is 2.21. The highest BCUT2D eigenvalue weighted by atomic mass is 19.3. The van der Waals surface area contributed by atoms with Crippen molar-refractivity contribution in [2.24, 2.45) is 5.73 Å². The Kier molecular flexibility index (Phi) is 5.08. The Hall–Kier alpha value is -1.63. The largest absolute Gasteiger partial charge is 0.466 e. The molecular weight excluding hydrogens is 249 g/mol. The molecule has 0 aliphatic rings. The van der Waals surface area contributed by atoms with Crippen LogP contribution in [0.4, 0.5) is 13.2 Å². The third kappa shape index (κ3) is 3.43. The Balaban J connectivity index is 3.08. The van der Waals surface area contributed by atoms with Gasteiger partial charge in [-0.25, -0.2) is 18.2 Å². The van der Waals surface area contributed by atoms with Gasteiger partial charge in [-0.2, -0.15) is 0 Å². The van der Waals surface area contributed by atoms with Crippen LogP contribution in [0.25, 0.3) is 0 Å². The molecule has 0 saturated carbocycles. The molecule has 18 heavy (non-hydrogen) atoms. The number of rotatable bonds is 5. The molecule has 0 fully saturated rings. The number of aromatic nitrogens is 1. The molecule has 0 aromatic carbocycles. The predicted octanol–water partition coefficient (Wildman–Crippen LogP) is 1.72. The highest BCUT2D eigenvalue weighted by Gasteiger charge is 2.19. The maximum atomic E-state index is 13.7. The topological polar surface area (TPSA) is 65.2 Å². The maximum absolute atomic E-state index is 13.7. The van der Waals surface area contributed by atoms with Crippen molar-refractivity contribution < 1.29 is 22.7 Å². The molecular formula is C11H13F3N2O2. The van der Waals surface area contributed by atoms with Crippen molar-refractivity contribution in [3.8, 4) is 0 Å². The van der Waals surface area contributed by atoms with Gasteiger partial charge in [0.25, 0.3) is 6.43 Å². The van der Waals surface area contributed by atoms with Crippen molar-refractivity contribution in [1.82, 2.24) is 4.98 Å². The summed E-state index contributed by atoms with van der Waals surface area (Å²) >= 11 is 0. The summed E-state index contributed by atoms with van der Waals surface area (Å²) in [7, 11) is 0. The molecule has 0 saturated heterocycles. The van der Waals surface area contributed by atoms with Crippen molar-refractivity contribution >= 4 is 5.97 Å². The minimum atomic E-state index is -2.85. The molecule has 0 atom stereocenters. The van der Waals surface area contributed by atoms with E-state index in [9.17, 15) is 18.0 Å². The molecule has 1 heterocycles.